The van der Waals surface area contributed by atoms with Crippen LogP contribution in [0.1, 0.15) is 31.2 Å². The van der Waals surface area contributed by atoms with E-state index in [9.17, 15) is 9.59 Å². The lowest BCUT2D eigenvalue weighted by Crippen LogP contribution is -2.29. The third-order valence-corrected chi connectivity index (χ3v) is 5.49. The number of anilines is 1. The number of rotatable bonds is 3. The van der Waals surface area contributed by atoms with Crippen LogP contribution >= 0.6 is 34.5 Å². The minimum Gasteiger partial charge on any atom is -0.268 e. The first-order valence-electron chi connectivity index (χ1n) is 7.41. The monoisotopic (exact) mass is 388 g/mol. The zero-order chi connectivity index (χ0) is 17.6. The van der Waals surface area contributed by atoms with E-state index in [2.05, 4.69) is 4.98 Å². The van der Waals surface area contributed by atoms with E-state index in [4.69, 9.17) is 23.2 Å². The van der Waals surface area contributed by atoms with Gasteiger partial charge in [0.05, 0.1) is 11.1 Å². The molecule has 7 heteroatoms. The van der Waals surface area contributed by atoms with Crippen molar-refractivity contribution in [2.24, 2.45) is 0 Å². The molecule has 0 bridgehead atoms. The Balaban J connectivity index is 1.63. The molecule has 0 spiro atoms. The van der Waals surface area contributed by atoms with Crippen molar-refractivity contribution in [2.45, 2.75) is 6.42 Å². The lowest BCUT2D eigenvalue weighted by atomic mass is 10.1. The van der Waals surface area contributed by atoms with Gasteiger partial charge in [-0.05, 0) is 35.9 Å². The van der Waals surface area contributed by atoms with Crippen LogP contribution in [0.2, 0.25) is 10.0 Å². The van der Waals surface area contributed by atoms with E-state index in [0.717, 1.165) is 15.3 Å². The van der Waals surface area contributed by atoms with Crippen molar-refractivity contribution in [1.29, 1.82) is 0 Å². The second-order valence-corrected chi connectivity index (χ2v) is 7.45. The number of nitrogens with zero attached hydrogens (tertiary/aromatic N) is 2. The number of carbonyl (C=O) groups is 2. The number of imide groups is 1. The topological polar surface area (TPSA) is 50.3 Å². The zero-order valence-corrected chi connectivity index (χ0v) is 15.0. The van der Waals surface area contributed by atoms with E-state index in [1.54, 1.807) is 48.7 Å². The number of amides is 2. The van der Waals surface area contributed by atoms with Gasteiger partial charge < -0.3 is 0 Å². The summed E-state index contributed by atoms with van der Waals surface area (Å²) in [5, 5.41) is 1.57. The molecule has 2 aromatic carbocycles. The van der Waals surface area contributed by atoms with Crippen molar-refractivity contribution in [3.05, 3.63) is 80.3 Å². The van der Waals surface area contributed by atoms with Crippen LogP contribution in [0.3, 0.4) is 0 Å². The van der Waals surface area contributed by atoms with Crippen molar-refractivity contribution in [2.75, 3.05) is 4.90 Å². The lowest BCUT2D eigenvalue weighted by molar-refractivity contribution is 0.0926. The highest BCUT2D eigenvalue weighted by molar-refractivity contribution is 7.16. The van der Waals surface area contributed by atoms with Gasteiger partial charge in [0.1, 0.15) is 0 Å². The van der Waals surface area contributed by atoms with Gasteiger partial charge >= 0.3 is 0 Å². The molecule has 3 aromatic rings. The third kappa shape index (κ3) is 2.84. The fourth-order valence-electron chi connectivity index (χ4n) is 2.71. The lowest BCUT2D eigenvalue weighted by Gasteiger charge is -2.08. The van der Waals surface area contributed by atoms with E-state index in [-0.39, 0.29) is 11.8 Å². The summed E-state index contributed by atoms with van der Waals surface area (Å²) in [5.41, 5.74) is 1.68. The van der Waals surface area contributed by atoms with Crippen LogP contribution < -0.4 is 4.90 Å². The average molecular weight is 389 g/mol. The quantitative estimate of drug-likeness (QED) is 0.603. The Kier molecular flexibility index (Phi) is 4.07. The highest BCUT2D eigenvalue weighted by Gasteiger charge is 2.37. The SMILES string of the molecule is O=C1c2ccccc2C(=O)N1c1ncc(Cc2cc(Cl)ccc2Cl)s1. The minimum absolute atomic E-state index is 0.345. The van der Waals surface area contributed by atoms with Gasteiger partial charge in [-0.25, -0.2) is 9.88 Å². The molecule has 0 saturated heterocycles. The summed E-state index contributed by atoms with van der Waals surface area (Å²) >= 11 is 13.5. The average Bonchev–Trinajstić information content (AvgIpc) is 3.15. The zero-order valence-electron chi connectivity index (χ0n) is 12.7. The molecule has 2 amide bonds. The highest BCUT2D eigenvalue weighted by atomic mass is 35.5. The summed E-state index contributed by atoms with van der Waals surface area (Å²) in [6.45, 7) is 0. The predicted octanol–water partition coefficient (Wildman–Crippen LogP) is 4.84. The molecule has 0 saturated carbocycles. The number of hydrogen-bond donors (Lipinski definition) is 0. The van der Waals surface area contributed by atoms with Gasteiger partial charge in [-0.3, -0.25) is 9.59 Å². The third-order valence-electron chi connectivity index (χ3n) is 3.90. The molecule has 2 heterocycles. The first kappa shape index (κ1) is 16.3. The second-order valence-electron chi connectivity index (χ2n) is 5.51. The molecule has 0 fully saturated rings. The normalized spacial score (nSPS) is 13.4. The van der Waals surface area contributed by atoms with Crippen molar-refractivity contribution < 1.29 is 9.59 Å². The van der Waals surface area contributed by atoms with Crippen molar-refractivity contribution in [3.63, 3.8) is 0 Å². The van der Waals surface area contributed by atoms with Crippen LogP contribution in [0.15, 0.2) is 48.7 Å². The fraction of sp³-hybridized carbons (Fsp3) is 0.0556. The van der Waals surface area contributed by atoms with Crippen LogP contribution in [0, 0.1) is 0 Å². The van der Waals surface area contributed by atoms with Gasteiger partial charge in [0, 0.05) is 27.5 Å². The van der Waals surface area contributed by atoms with E-state index >= 15 is 0 Å². The smallest absolute Gasteiger partial charge is 0.268 e. The largest absolute Gasteiger partial charge is 0.268 e. The van der Waals surface area contributed by atoms with Gasteiger partial charge in [-0.1, -0.05) is 35.3 Å². The van der Waals surface area contributed by atoms with Crippen LogP contribution in [0.25, 0.3) is 0 Å². The van der Waals surface area contributed by atoms with Crippen LogP contribution in [-0.4, -0.2) is 16.8 Å². The molecule has 1 aromatic heterocycles. The predicted molar refractivity (Wildman–Crippen MR) is 99.0 cm³/mol. The first-order valence-corrected chi connectivity index (χ1v) is 8.98. The van der Waals surface area contributed by atoms with Crippen LogP contribution in [-0.2, 0) is 6.42 Å². The van der Waals surface area contributed by atoms with Gasteiger partial charge in [-0.15, -0.1) is 11.3 Å². The Morgan fingerprint density at radius 3 is 2.36 bits per heavy atom. The maximum Gasteiger partial charge on any atom is 0.268 e. The number of fused-ring (bicyclic) bond motifs is 1. The number of aromatic nitrogens is 1. The number of hydrogen-bond acceptors (Lipinski definition) is 4. The molecule has 0 N–H and O–H groups in total. The molecular formula is C18H10Cl2N2O2S. The molecular weight excluding hydrogens is 379 g/mol. The van der Waals surface area contributed by atoms with Gasteiger partial charge in [0.2, 0.25) is 0 Å². The standard InChI is InChI=1S/C18H10Cl2N2O2S/c19-11-5-6-15(20)10(7-11)8-12-9-21-18(25-12)22-16(23)13-3-1-2-4-14(13)17(22)24/h1-7,9H,8H2. The van der Waals surface area contributed by atoms with Crippen molar-refractivity contribution in [3.8, 4) is 0 Å². The molecule has 1 aliphatic heterocycles. The summed E-state index contributed by atoms with van der Waals surface area (Å²) in [6.07, 6.45) is 2.18. The summed E-state index contributed by atoms with van der Waals surface area (Å²) in [4.78, 5) is 31.3. The molecule has 0 unspecified atom stereocenters. The van der Waals surface area contributed by atoms with Crippen molar-refractivity contribution >= 4 is 51.5 Å². The number of carbonyl (C=O) groups excluding carboxylic acids is 2. The minimum atomic E-state index is -0.345. The van der Waals surface area contributed by atoms with E-state index in [1.165, 1.54) is 11.3 Å². The highest BCUT2D eigenvalue weighted by Crippen LogP contribution is 2.33. The Morgan fingerprint density at radius 1 is 1.00 bits per heavy atom. The van der Waals surface area contributed by atoms with E-state index in [0.29, 0.717) is 32.7 Å². The Labute approximate surface area is 157 Å². The summed E-state index contributed by atoms with van der Waals surface area (Å²) in [5.74, 6) is -0.690. The van der Waals surface area contributed by atoms with Gasteiger partial charge in [0.25, 0.3) is 11.8 Å². The maximum absolute atomic E-state index is 12.5. The molecule has 1 aliphatic rings. The first-order chi connectivity index (χ1) is 12.0. The van der Waals surface area contributed by atoms with E-state index < -0.39 is 0 Å². The van der Waals surface area contributed by atoms with Gasteiger partial charge in [-0.2, -0.15) is 0 Å². The molecule has 4 rings (SSSR count). The Morgan fingerprint density at radius 2 is 1.68 bits per heavy atom. The molecule has 25 heavy (non-hydrogen) atoms. The van der Waals surface area contributed by atoms with Gasteiger partial charge in [0.15, 0.2) is 5.13 Å². The second kappa shape index (κ2) is 6.26. The molecule has 0 aliphatic carbocycles. The Bertz CT molecular complexity index is 981. The summed E-state index contributed by atoms with van der Waals surface area (Å²) in [6, 6.07) is 12.0. The Hall–Kier alpha value is -2.21. The number of thiazole rings is 1. The molecule has 0 atom stereocenters. The summed E-state index contributed by atoms with van der Waals surface area (Å²) in [7, 11) is 0. The molecule has 124 valence electrons. The van der Waals surface area contributed by atoms with E-state index in [1.807, 2.05) is 0 Å². The summed E-state index contributed by atoms with van der Waals surface area (Å²) < 4.78 is 0. The molecule has 4 nitrogen and oxygen atoms in total. The fourth-order valence-corrected chi connectivity index (χ4v) is 4.02. The van der Waals surface area contributed by atoms with Crippen LogP contribution in [0.4, 0.5) is 5.13 Å². The van der Waals surface area contributed by atoms with Crippen molar-refractivity contribution in [1.82, 2.24) is 4.98 Å². The number of benzene rings is 2. The number of halogens is 2. The maximum atomic E-state index is 12.5. The molecule has 0 radical (unpaired) electrons. The van der Waals surface area contributed by atoms with Crippen LogP contribution in [0.5, 0.6) is 0 Å².